The van der Waals surface area contributed by atoms with Gasteiger partial charge in [0.2, 0.25) is 6.71 Å². The molecule has 204 valence electrons. The molecule has 0 unspecified atom stereocenters. The monoisotopic (exact) mass is 537 g/mol. The number of benzene rings is 4. The molecular weight excluding hydrogens is 501 g/mol. The predicted molar refractivity (Wildman–Crippen MR) is 174 cm³/mol. The third kappa shape index (κ3) is 5.18. The Morgan fingerprint density at radius 1 is 0.683 bits per heavy atom. The highest BCUT2D eigenvalue weighted by Crippen LogP contribution is 2.25. The molecule has 0 fully saturated rings. The Balaban J connectivity index is 1.47. The zero-order valence-electron chi connectivity index (χ0n) is 24.8. The van der Waals surface area contributed by atoms with Crippen LogP contribution in [0.1, 0.15) is 23.6 Å². The number of hydrogen-bond donors (Lipinski definition) is 0. The first-order chi connectivity index (χ1) is 19.8. The molecule has 2 heterocycles. The van der Waals surface area contributed by atoms with Crippen LogP contribution in [0.4, 0.5) is 5.69 Å². The molecule has 0 saturated heterocycles. The van der Waals surface area contributed by atoms with E-state index in [2.05, 4.69) is 136 Å². The number of aryl methyl sites for hydroxylation is 4. The van der Waals surface area contributed by atoms with Gasteiger partial charge < -0.3 is 4.90 Å². The Bertz CT molecular complexity index is 1730. The summed E-state index contributed by atoms with van der Waals surface area (Å²) in [6.45, 7) is 9.53. The van der Waals surface area contributed by atoms with Crippen LogP contribution in [0.2, 0.25) is 0 Å². The second-order valence-electron chi connectivity index (χ2n) is 11.3. The van der Waals surface area contributed by atoms with Crippen molar-refractivity contribution in [2.24, 2.45) is 12.1 Å². The van der Waals surface area contributed by atoms with E-state index in [1.54, 1.807) is 0 Å². The molecule has 1 aliphatic rings. The highest BCUT2D eigenvalue weighted by molar-refractivity contribution is 6.96. The van der Waals surface area contributed by atoms with Gasteiger partial charge in [-0.15, -0.1) is 0 Å². The highest BCUT2D eigenvalue weighted by atomic mass is 15.6. The standard InChI is InChI=1S/C35H36BN5/c1-24-18-25(2)35(26(3)19-24)36(31-16-11-17-32(21-31)41-23-39(5)27(4)37-41)30-15-10-14-29(20-30)33-22-34(40(6)38-33)28-12-8-7-9-13-28/h7-22H,23H2,1-6H3. The summed E-state index contributed by atoms with van der Waals surface area (Å²) >= 11 is 0. The van der Waals surface area contributed by atoms with Crippen molar-refractivity contribution in [2.45, 2.75) is 27.7 Å². The zero-order chi connectivity index (χ0) is 28.7. The quantitative estimate of drug-likeness (QED) is 0.278. The van der Waals surface area contributed by atoms with Crippen LogP contribution in [0.5, 0.6) is 0 Å². The molecule has 41 heavy (non-hydrogen) atoms. The van der Waals surface area contributed by atoms with Crippen molar-refractivity contribution in [1.82, 2.24) is 14.7 Å². The molecule has 6 heteroatoms. The minimum absolute atomic E-state index is 0.0678. The number of anilines is 1. The van der Waals surface area contributed by atoms with E-state index in [1.807, 2.05) is 17.8 Å². The van der Waals surface area contributed by atoms with Crippen LogP contribution in [0.15, 0.2) is 102 Å². The second kappa shape index (κ2) is 10.8. The summed E-state index contributed by atoms with van der Waals surface area (Å²) < 4.78 is 1.97. The number of nitrogens with zero attached hydrogens (tertiary/aromatic N) is 5. The summed E-state index contributed by atoms with van der Waals surface area (Å²) in [7, 11) is 4.10. The molecule has 1 aromatic heterocycles. The van der Waals surface area contributed by atoms with Crippen molar-refractivity contribution >= 4 is 34.6 Å². The molecule has 0 amide bonds. The van der Waals surface area contributed by atoms with Crippen LogP contribution < -0.4 is 21.4 Å². The fourth-order valence-corrected chi connectivity index (χ4v) is 6.13. The van der Waals surface area contributed by atoms with Crippen LogP contribution in [0.3, 0.4) is 0 Å². The minimum atomic E-state index is 0.0678. The Hall–Kier alpha value is -4.58. The summed E-state index contributed by atoms with van der Waals surface area (Å²) in [6.07, 6.45) is 0. The van der Waals surface area contributed by atoms with E-state index in [1.165, 1.54) is 33.1 Å². The third-order valence-corrected chi connectivity index (χ3v) is 8.16. The number of amidine groups is 1. The van der Waals surface area contributed by atoms with Crippen LogP contribution >= 0.6 is 0 Å². The molecule has 0 atom stereocenters. The maximum atomic E-state index is 4.92. The van der Waals surface area contributed by atoms with Gasteiger partial charge in [0.15, 0.2) is 0 Å². The van der Waals surface area contributed by atoms with Gasteiger partial charge in [0.1, 0.15) is 12.5 Å². The Labute approximate surface area is 243 Å². The lowest BCUT2D eigenvalue weighted by Crippen LogP contribution is -2.54. The highest BCUT2D eigenvalue weighted by Gasteiger charge is 2.27. The van der Waals surface area contributed by atoms with E-state index >= 15 is 0 Å². The zero-order valence-corrected chi connectivity index (χ0v) is 24.8. The number of aromatic nitrogens is 2. The van der Waals surface area contributed by atoms with Gasteiger partial charge in [0, 0.05) is 19.7 Å². The van der Waals surface area contributed by atoms with E-state index in [0.29, 0.717) is 0 Å². The lowest BCUT2D eigenvalue weighted by molar-refractivity contribution is 0.536. The van der Waals surface area contributed by atoms with E-state index in [0.717, 1.165) is 40.7 Å². The van der Waals surface area contributed by atoms with Gasteiger partial charge in [0.05, 0.1) is 17.1 Å². The molecule has 4 aromatic carbocycles. The van der Waals surface area contributed by atoms with Gasteiger partial charge >= 0.3 is 0 Å². The van der Waals surface area contributed by atoms with E-state index in [9.17, 15) is 0 Å². The fraction of sp³-hybridized carbons (Fsp3) is 0.200. The molecular formula is C35H36BN5. The van der Waals surface area contributed by atoms with Gasteiger partial charge in [-0.25, -0.2) is 5.01 Å². The normalized spacial score (nSPS) is 13.1. The van der Waals surface area contributed by atoms with Crippen molar-refractivity contribution in [3.63, 3.8) is 0 Å². The SMILES string of the molecule is CC1=NN(c2cccc(B(c3cccc(-c4cc(-c5ccccc5)n(C)n4)c3)c3c(C)cc(C)cc3C)c2)CN1C. The number of hydrogen-bond acceptors (Lipinski definition) is 4. The first kappa shape index (κ1) is 26.6. The molecule has 5 nitrogen and oxygen atoms in total. The Morgan fingerprint density at radius 2 is 1.34 bits per heavy atom. The van der Waals surface area contributed by atoms with Crippen LogP contribution in [-0.2, 0) is 7.05 Å². The third-order valence-electron chi connectivity index (χ3n) is 8.16. The summed E-state index contributed by atoms with van der Waals surface area (Å²) in [6, 6.07) is 35.0. The average molecular weight is 538 g/mol. The predicted octanol–water partition coefficient (Wildman–Crippen LogP) is 5.24. The largest absolute Gasteiger partial charge is 0.342 e. The summed E-state index contributed by atoms with van der Waals surface area (Å²) in [5.74, 6) is 1.02. The lowest BCUT2D eigenvalue weighted by atomic mass is 9.35. The molecule has 0 radical (unpaired) electrons. The van der Waals surface area contributed by atoms with Crippen molar-refractivity contribution in [2.75, 3.05) is 18.7 Å². The van der Waals surface area contributed by atoms with E-state index < -0.39 is 0 Å². The van der Waals surface area contributed by atoms with Crippen molar-refractivity contribution in [1.29, 1.82) is 0 Å². The number of rotatable bonds is 6. The molecule has 6 rings (SSSR count). The first-order valence-electron chi connectivity index (χ1n) is 14.2. The van der Waals surface area contributed by atoms with E-state index in [-0.39, 0.29) is 6.71 Å². The summed E-state index contributed by atoms with van der Waals surface area (Å²) in [5.41, 5.74) is 13.2. The average Bonchev–Trinajstić information content (AvgIpc) is 3.52. The van der Waals surface area contributed by atoms with Gasteiger partial charge in [0.25, 0.3) is 0 Å². The van der Waals surface area contributed by atoms with Gasteiger partial charge in [-0.2, -0.15) is 10.2 Å². The van der Waals surface area contributed by atoms with Crippen molar-refractivity contribution < 1.29 is 0 Å². The van der Waals surface area contributed by atoms with Crippen LogP contribution in [0, 0.1) is 20.8 Å². The van der Waals surface area contributed by atoms with Crippen LogP contribution in [-0.4, -0.2) is 40.9 Å². The number of hydrazone groups is 1. The van der Waals surface area contributed by atoms with Crippen molar-refractivity contribution in [3.05, 3.63) is 114 Å². The van der Waals surface area contributed by atoms with E-state index in [4.69, 9.17) is 10.2 Å². The molecule has 0 aliphatic carbocycles. The lowest BCUT2D eigenvalue weighted by Gasteiger charge is -2.23. The molecule has 0 spiro atoms. The minimum Gasteiger partial charge on any atom is -0.342 e. The molecule has 0 N–H and O–H groups in total. The smallest absolute Gasteiger partial charge is 0.242 e. The van der Waals surface area contributed by atoms with Crippen molar-refractivity contribution in [3.8, 4) is 22.5 Å². The van der Waals surface area contributed by atoms with Gasteiger partial charge in [-0.05, 0) is 51.5 Å². The van der Waals surface area contributed by atoms with Gasteiger partial charge in [-0.1, -0.05) is 112 Å². The molecule has 1 aliphatic heterocycles. The maximum Gasteiger partial charge on any atom is 0.242 e. The Morgan fingerprint density at radius 3 is 2.02 bits per heavy atom. The fourth-order valence-electron chi connectivity index (χ4n) is 6.13. The maximum absolute atomic E-state index is 4.92. The summed E-state index contributed by atoms with van der Waals surface area (Å²) in [5, 5.41) is 11.8. The molecule has 5 aromatic rings. The van der Waals surface area contributed by atoms with Crippen LogP contribution in [0.25, 0.3) is 22.5 Å². The second-order valence-corrected chi connectivity index (χ2v) is 11.3. The topological polar surface area (TPSA) is 36.7 Å². The first-order valence-corrected chi connectivity index (χ1v) is 14.2. The van der Waals surface area contributed by atoms with Gasteiger partial charge in [-0.3, -0.25) is 4.68 Å². The summed E-state index contributed by atoms with van der Waals surface area (Å²) in [4.78, 5) is 2.17. The Kier molecular flexibility index (Phi) is 7.00. The molecule has 0 bridgehead atoms. The molecule has 0 saturated carbocycles.